The predicted molar refractivity (Wildman–Crippen MR) is 151 cm³/mol. The lowest BCUT2D eigenvalue weighted by Gasteiger charge is -2.47. The maximum Gasteiger partial charge on any atom is 0.303 e. The molecular weight excluding hydrogens is 598 g/mol. The highest BCUT2D eigenvalue weighted by atomic mass is 79.9. The topological polar surface area (TPSA) is 118 Å². The molecule has 1 unspecified atom stereocenters. The molecule has 2 aromatic carbocycles. The van der Waals surface area contributed by atoms with Crippen LogP contribution in [0.5, 0.6) is 0 Å². The van der Waals surface area contributed by atoms with Crippen molar-refractivity contribution in [2.75, 3.05) is 18.1 Å². The predicted octanol–water partition coefficient (Wildman–Crippen LogP) is 3.99. The lowest BCUT2D eigenvalue weighted by atomic mass is 9.91. The number of nitrogens with zero attached hydrogens (tertiary/aromatic N) is 1. The molecule has 4 rings (SSSR count). The number of halogens is 1. The number of esters is 4. The van der Waals surface area contributed by atoms with Crippen LogP contribution in [0, 0.1) is 6.92 Å². The first-order valence-electron chi connectivity index (χ1n) is 13.4. The van der Waals surface area contributed by atoms with Crippen LogP contribution in [0.2, 0.25) is 0 Å². The van der Waals surface area contributed by atoms with Crippen molar-refractivity contribution in [3.05, 3.63) is 63.6 Å². The van der Waals surface area contributed by atoms with E-state index >= 15 is 0 Å². The average molecular weight is 633 g/mol. The van der Waals surface area contributed by atoms with E-state index in [-0.39, 0.29) is 12.5 Å². The first-order chi connectivity index (χ1) is 19.4. The Hall–Kier alpha value is -3.44. The molecule has 0 aromatic heterocycles. The quantitative estimate of drug-likeness (QED) is 0.313. The second kappa shape index (κ2) is 13.0. The smallest absolute Gasteiger partial charge is 0.303 e. The molecule has 0 N–H and O–H groups in total. The number of carbonyl (C=O) groups excluding carboxylic acids is 4. The van der Waals surface area contributed by atoms with Crippen molar-refractivity contribution in [2.24, 2.45) is 0 Å². The van der Waals surface area contributed by atoms with Gasteiger partial charge >= 0.3 is 23.9 Å². The van der Waals surface area contributed by atoms with Crippen molar-refractivity contribution in [1.29, 1.82) is 0 Å². The summed E-state index contributed by atoms with van der Waals surface area (Å²) in [6, 6.07) is 14.1. The van der Waals surface area contributed by atoms with Gasteiger partial charge in [-0.2, -0.15) is 0 Å². The zero-order valence-electron chi connectivity index (χ0n) is 23.6. The van der Waals surface area contributed by atoms with E-state index in [0.717, 1.165) is 33.3 Å². The molecule has 2 aliphatic heterocycles. The summed E-state index contributed by atoms with van der Waals surface area (Å²) in [7, 11) is 0. The van der Waals surface area contributed by atoms with Crippen LogP contribution in [0.4, 0.5) is 5.69 Å². The van der Waals surface area contributed by atoms with Gasteiger partial charge in [0.15, 0.2) is 24.5 Å². The number of anilines is 1. The number of hydrogen-bond donors (Lipinski definition) is 0. The molecule has 11 heteroatoms. The Morgan fingerprint density at radius 1 is 0.854 bits per heavy atom. The Bertz CT molecular complexity index is 1300. The summed E-state index contributed by atoms with van der Waals surface area (Å²) < 4.78 is 29.6. The monoisotopic (exact) mass is 631 g/mol. The van der Waals surface area contributed by atoms with Gasteiger partial charge in [-0.25, -0.2) is 0 Å². The average Bonchev–Trinajstić information content (AvgIpc) is 3.25. The first kappa shape index (κ1) is 30.5. The fourth-order valence-electron chi connectivity index (χ4n) is 5.64. The number of aryl methyl sites for hydroxylation is 1. The van der Waals surface area contributed by atoms with Crippen LogP contribution in [-0.2, 0) is 49.3 Å². The Morgan fingerprint density at radius 2 is 1.46 bits per heavy atom. The standard InChI is InChI=1S/C30H34BrNO9/c1-16-7-6-8-24-26(16)22(13-21-9-11-23(31)12-10-21)14-32(24)30-29(40-20(5)36)28(39-19(4)35)27(38-18(3)34)25(41-30)15-37-17(2)33/h6-12,22,25,27-30H,13-15H2,1-5H3/t22?,25-,27-,28+,29-,30-/m1/s1. The minimum absolute atomic E-state index is 0.0687. The molecule has 0 spiro atoms. The molecule has 0 radical (unpaired) electrons. The third-order valence-electron chi connectivity index (χ3n) is 7.10. The van der Waals surface area contributed by atoms with Gasteiger partial charge in [0.05, 0.1) is 0 Å². The van der Waals surface area contributed by atoms with Gasteiger partial charge in [-0.3, -0.25) is 19.2 Å². The largest absolute Gasteiger partial charge is 0.463 e. The van der Waals surface area contributed by atoms with Gasteiger partial charge < -0.3 is 28.6 Å². The van der Waals surface area contributed by atoms with E-state index < -0.39 is 54.5 Å². The maximum absolute atomic E-state index is 12.3. The van der Waals surface area contributed by atoms with Crippen molar-refractivity contribution in [3.63, 3.8) is 0 Å². The van der Waals surface area contributed by atoms with Crippen LogP contribution < -0.4 is 4.90 Å². The highest BCUT2D eigenvalue weighted by Gasteiger charge is 2.55. The fourth-order valence-corrected chi connectivity index (χ4v) is 5.91. The van der Waals surface area contributed by atoms with Crippen molar-refractivity contribution in [3.8, 4) is 0 Å². The lowest BCUT2D eigenvalue weighted by molar-refractivity contribution is -0.252. The van der Waals surface area contributed by atoms with Crippen LogP contribution in [-0.4, -0.2) is 67.7 Å². The molecule has 0 saturated carbocycles. The summed E-state index contributed by atoms with van der Waals surface area (Å²) in [6.45, 7) is 7.18. The molecule has 220 valence electrons. The van der Waals surface area contributed by atoms with Crippen LogP contribution >= 0.6 is 15.9 Å². The first-order valence-corrected chi connectivity index (χ1v) is 14.1. The zero-order chi connectivity index (χ0) is 29.8. The Kier molecular flexibility index (Phi) is 9.70. The van der Waals surface area contributed by atoms with E-state index in [0.29, 0.717) is 6.54 Å². The Labute approximate surface area is 247 Å². The number of hydrogen-bond acceptors (Lipinski definition) is 10. The van der Waals surface area contributed by atoms with Gasteiger partial charge in [0.25, 0.3) is 0 Å². The third-order valence-corrected chi connectivity index (χ3v) is 7.63. The van der Waals surface area contributed by atoms with Crippen molar-refractivity contribution >= 4 is 45.5 Å². The van der Waals surface area contributed by atoms with Gasteiger partial charge in [-0.15, -0.1) is 0 Å². The zero-order valence-corrected chi connectivity index (χ0v) is 25.2. The molecule has 1 fully saturated rings. The molecule has 2 aliphatic rings. The van der Waals surface area contributed by atoms with Crippen LogP contribution in [0.15, 0.2) is 46.9 Å². The van der Waals surface area contributed by atoms with Gasteiger partial charge in [-0.05, 0) is 48.2 Å². The van der Waals surface area contributed by atoms with Gasteiger partial charge in [-0.1, -0.05) is 40.2 Å². The third kappa shape index (κ3) is 7.26. The van der Waals surface area contributed by atoms with Gasteiger partial charge in [0.1, 0.15) is 12.7 Å². The summed E-state index contributed by atoms with van der Waals surface area (Å²) in [5, 5.41) is 0. The molecule has 0 bridgehead atoms. The van der Waals surface area contributed by atoms with Crippen molar-refractivity contribution in [2.45, 2.75) is 77.6 Å². The molecule has 2 heterocycles. The molecule has 0 amide bonds. The number of benzene rings is 2. The second-order valence-electron chi connectivity index (χ2n) is 10.3. The summed E-state index contributed by atoms with van der Waals surface area (Å²) >= 11 is 3.49. The van der Waals surface area contributed by atoms with Crippen LogP contribution in [0.25, 0.3) is 0 Å². The van der Waals surface area contributed by atoms with E-state index in [1.807, 2.05) is 42.2 Å². The van der Waals surface area contributed by atoms with E-state index in [9.17, 15) is 19.2 Å². The lowest BCUT2D eigenvalue weighted by Crippen LogP contribution is -2.66. The molecule has 1 saturated heterocycles. The Balaban J connectivity index is 1.77. The second-order valence-corrected chi connectivity index (χ2v) is 11.2. The summed E-state index contributed by atoms with van der Waals surface area (Å²) in [4.78, 5) is 50.4. The summed E-state index contributed by atoms with van der Waals surface area (Å²) in [5.74, 6) is -2.45. The highest BCUT2D eigenvalue weighted by molar-refractivity contribution is 9.10. The number of fused-ring (bicyclic) bond motifs is 1. The molecule has 2 aromatic rings. The summed E-state index contributed by atoms with van der Waals surface area (Å²) in [5.41, 5.74) is 4.25. The minimum atomic E-state index is -1.22. The van der Waals surface area contributed by atoms with E-state index in [1.54, 1.807) is 0 Å². The van der Waals surface area contributed by atoms with Crippen molar-refractivity contribution in [1.82, 2.24) is 0 Å². The number of rotatable bonds is 8. The highest BCUT2D eigenvalue weighted by Crippen LogP contribution is 2.44. The molecular formula is C30H34BrNO9. The molecule has 6 atom stereocenters. The molecule has 10 nitrogen and oxygen atoms in total. The minimum Gasteiger partial charge on any atom is -0.463 e. The van der Waals surface area contributed by atoms with E-state index in [4.69, 9.17) is 23.7 Å². The van der Waals surface area contributed by atoms with Crippen LogP contribution in [0.3, 0.4) is 0 Å². The van der Waals surface area contributed by atoms with E-state index in [1.165, 1.54) is 27.7 Å². The Morgan fingerprint density at radius 3 is 2.07 bits per heavy atom. The SMILES string of the molecule is CC(=O)OC[C@H]1O[C@@H](N2CC(Cc3ccc(Br)cc3)c3c(C)cccc32)[C@H](OC(C)=O)[C@@H](OC(C)=O)[C@@H]1OC(C)=O. The van der Waals surface area contributed by atoms with Crippen molar-refractivity contribution < 1.29 is 42.9 Å². The normalized spacial score (nSPS) is 25.2. The molecule has 0 aliphatic carbocycles. The summed E-state index contributed by atoms with van der Waals surface area (Å²) in [6.07, 6.45) is -4.80. The number of ether oxygens (including phenoxy) is 5. The van der Waals surface area contributed by atoms with Gasteiger partial charge in [0, 0.05) is 50.3 Å². The number of carbonyl (C=O) groups is 4. The maximum atomic E-state index is 12.3. The van der Waals surface area contributed by atoms with Gasteiger partial charge in [0.2, 0.25) is 0 Å². The molecule has 41 heavy (non-hydrogen) atoms. The van der Waals surface area contributed by atoms with Crippen LogP contribution in [0.1, 0.15) is 50.3 Å². The fraction of sp³-hybridized carbons (Fsp3) is 0.467. The van der Waals surface area contributed by atoms with E-state index in [2.05, 4.69) is 28.1 Å².